The van der Waals surface area contributed by atoms with Gasteiger partial charge in [0.25, 0.3) is 5.91 Å². The largest absolute Gasteiger partial charge is 0.494 e. The Hall–Kier alpha value is -3.67. The van der Waals surface area contributed by atoms with Gasteiger partial charge in [0, 0.05) is 11.3 Å². The smallest absolute Gasteiger partial charge is 0.339 e. The molecule has 0 spiro atoms. The lowest BCUT2D eigenvalue weighted by molar-refractivity contribution is -0.125. The molecule has 6 heteroatoms. The van der Waals surface area contributed by atoms with Crippen LogP contribution in [0.2, 0.25) is 0 Å². The molecule has 0 fully saturated rings. The number of hydrogen-bond acceptors (Lipinski definition) is 4. The number of carbonyl (C=O) groups excluding carboxylic acids is 2. The third kappa shape index (κ3) is 4.84. The van der Waals surface area contributed by atoms with Gasteiger partial charge < -0.3 is 14.8 Å². The highest BCUT2D eigenvalue weighted by molar-refractivity contribution is 5.98. The van der Waals surface area contributed by atoms with Crippen LogP contribution in [0.5, 0.6) is 5.75 Å². The van der Waals surface area contributed by atoms with Crippen LogP contribution in [-0.4, -0.2) is 19.0 Å². The maximum atomic E-state index is 14.0. The highest BCUT2D eigenvalue weighted by Gasteiger charge is 2.26. The minimum absolute atomic E-state index is 0.0128. The number of rotatable bonds is 6. The van der Waals surface area contributed by atoms with Gasteiger partial charge in [-0.05, 0) is 49.2 Å². The van der Waals surface area contributed by atoms with Gasteiger partial charge in [-0.25, -0.2) is 9.18 Å². The summed E-state index contributed by atoms with van der Waals surface area (Å²) >= 11 is 0. The fourth-order valence-electron chi connectivity index (χ4n) is 2.94. The Morgan fingerprint density at radius 3 is 2.37 bits per heavy atom. The number of benzene rings is 3. The van der Waals surface area contributed by atoms with Gasteiger partial charge in [-0.1, -0.05) is 42.5 Å². The van der Waals surface area contributed by atoms with Crippen LogP contribution in [0.4, 0.5) is 10.1 Å². The fourth-order valence-corrected chi connectivity index (χ4v) is 2.94. The molecule has 30 heavy (non-hydrogen) atoms. The predicted octanol–water partition coefficient (Wildman–Crippen LogP) is 4.99. The molecule has 0 aliphatic heterocycles. The average Bonchev–Trinajstić information content (AvgIpc) is 2.74. The molecule has 1 N–H and O–H groups in total. The number of esters is 1. The molecular weight excluding hydrogens is 385 g/mol. The Morgan fingerprint density at radius 2 is 1.70 bits per heavy atom. The number of methoxy groups -OCH3 is 1. The molecule has 1 atom stereocenters. The van der Waals surface area contributed by atoms with Crippen LogP contribution < -0.4 is 10.1 Å². The minimum Gasteiger partial charge on any atom is -0.494 e. The van der Waals surface area contributed by atoms with Crippen LogP contribution >= 0.6 is 0 Å². The second-order valence-corrected chi connectivity index (χ2v) is 6.85. The van der Waals surface area contributed by atoms with Crippen molar-refractivity contribution < 1.29 is 23.5 Å². The Labute approximate surface area is 174 Å². The standard InChI is InChI=1S/C24H22FNO4/c1-15-9-10-16(2)20(13-15)26-23(27)22(17-7-5-4-6-8-17)30-24(28)18-11-12-21(29-3)19(25)14-18/h4-14,22H,1-3H3,(H,26,27)/t22-/m1/s1. The number of aryl methyl sites for hydroxylation is 2. The highest BCUT2D eigenvalue weighted by atomic mass is 19.1. The van der Waals surface area contributed by atoms with Crippen molar-refractivity contribution in [2.24, 2.45) is 0 Å². The second kappa shape index (κ2) is 9.22. The van der Waals surface area contributed by atoms with Crippen molar-refractivity contribution in [3.05, 3.63) is 94.8 Å². The zero-order valence-corrected chi connectivity index (χ0v) is 16.9. The molecule has 154 valence electrons. The van der Waals surface area contributed by atoms with E-state index in [1.165, 1.54) is 19.2 Å². The van der Waals surface area contributed by atoms with E-state index in [1.807, 2.05) is 32.0 Å². The second-order valence-electron chi connectivity index (χ2n) is 6.85. The Balaban J connectivity index is 1.87. The first-order chi connectivity index (χ1) is 14.4. The van der Waals surface area contributed by atoms with E-state index < -0.39 is 23.8 Å². The van der Waals surface area contributed by atoms with E-state index in [1.54, 1.807) is 30.3 Å². The summed E-state index contributed by atoms with van der Waals surface area (Å²) in [6.07, 6.45) is -1.20. The molecule has 0 aliphatic rings. The van der Waals surface area contributed by atoms with Crippen LogP contribution in [0, 0.1) is 19.7 Å². The average molecular weight is 407 g/mol. The lowest BCUT2D eigenvalue weighted by Gasteiger charge is -2.19. The van der Waals surface area contributed by atoms with E-state index >= 15 is 0 Å². The van der Waals surface area contributed by atoms with Crippen molar-refractivity contribution >= 4 is 17.6 Å². The first-order valence-electron chi connectivity index (χ1n) is 9.36. The van der Waals surface area contributed by atoms with Crippen LogP contribution in [0.15, 0.2) is 66.7 Å². The first-order valence-corrected chi connectivity index (χ1v) is 9.36. The van der Waals surface area contributed by atoms with Crippen LogP contribution in [0.3, 0.4) is 0 Å². The molecule has 0 aliphatic carbocycles. The van der Waals surface area contributed by atoms with Crippen molar-refractivity contribution in [3.8, 4) is 5.75 Å². The zero-order chi connectivity index (χ0) is 21.7. The van der Waals surface area contributed by atoms with E-state index in [0.29, 0.717) is 11.3 Å². The predicted molar refractivity (Wildman–Crippen MR) is 112 cm³/mol. The molecule has 0 saturated heterocycles. The van der Waals surface area contributed by atoms with Gasteiger partial charge in [0.15, 0.2) is 11.6 Å². The highest BCUT2D eigenvalue weighted by Crippen LogP contribution is 2.25. The number of anilines is 1. The summed E-state index contributed by atoms with van der Waals surface area (Å²) < 4.78 is 24.3. The number of carbonyl (C=O) groups is 2. The van der Waals surface area contributed by atoms with Gasteiger partial charge in [-0.15, -0.1) is 0 Å². The number of ether oxygens (including phenoxy) is 2. The van der Waals surface area contributed by atoms with Gasteiger partial charge in [0.1, 0.15) is 0 Å². The maximum Gasteiger partial charge on any atom is 0.339 e. The quantitative estimate of drug-likeness (QED) is 0.585. The summed E-state index contributed by atoms with van der Waals surface area (Å²) in [5.74, 6) is -2.00. The van der Waals surface area contributed by atoms with Gasteiger partial charge in [-0.3, -0.25) is 4.79 Å². The van der Waals surface area contributed by atoms with Gasteiger partial charge in [0.05, 0.1) is 12.7 Å². The molecule has 0 bridgehead atoms. The van der Waals surface area contributed by atoms with E-state index in [0.717, 1.165) is 17.2 Å². The van der Waals surface area contributed by atoms with Crippen molar-refractivity contribution in [1.82, 2.24) is 0 Å². The van der Waals surface area contributed by atoms with E-state index in [2.05, 4.69) is 5.32 Å². The van der Waals surface area contributed by atoms with Crippen LogP contribution in [0.25, 0.3) is 0 Å². The molecule has 0 heterocycles. The van der Waals surface area contributed by atoms with Gasteiger partial charge >= 0.3 is 5.97 Å². The minimum atomic E-state index is -1.20. The maximum absolute atomic E-state index is 14.0. The molecule has 3 rings (SSSR count). The van der Waals surface area contributed by atoms with E-state index in [-0.39, 0.29) is 11.3 Å². The lowest BCUT2D eigenvalue weighted by Crippen LogP contribution is -2.26. The van der Waals surface area contributed by atoms with Crippen molar-refractivity contribution in [3.63, 3.8) is 0 Å². The number of nitrogens with one attached hydrogen (secondary N) is 1. The summed E-state index contributed by atoms with van der Waals surface area (Å²) in [5, 5.41) is 2.83. The van der Waals surface area contributed by atoms with Crippen LogP contribution in [-0.2, 0) is 9.53 Å². The molecule has 0 aromatic heterocycles. The topological polar surface area (TPSA) is 64.6 Å². The monoisotopic (exact) mass is 407 g/mol. The molecule has 0 unspecified atom stereocenters. The van der Waals surface area contributed by atoms with E-state index in [9.17, 15) is 14.0 Å². The van der Waals surface area contributed by atoms with Crippen molar-refractivity contribution in [1.29, 1.82) is 0 Å². The van der Waals surface area contributed by atoms with Crippen molar-refractivity contribution in [2.75, 3.05) is 12.4 Å². The molecule has 0 radical (unpaired) electrons. The SMILES string of the molecule is COc1ccc(C(=O)O[C@@H](C(=O)Nc2cc(C)ccc2C)c2ccccc2)cc1F. The van der Waals surface area contributed by atoms with Crippen LogP contribution in [0.1, 0.15) is 33.2 Å². The number of halogens is 1. The number of hydrogen-bond donors (Lipinski definition) is 1. The summed E-state index contributed by atoms with van der Waals surface area (Å²) in [4.78, 5) is 25.7. The third-order valence-corrected chi connectivity index (χ3v) is 4.60. The summed E-state index contributed by atoms with van der Waals surface area (Å²) in [5.41, 5.74) is 2.98. The summed E-state index contributed by atoms with van der Waals surface area (Å²) in [6.45, 7) is 3.79. The molecule has 5 nitrogen and oxygen atoms in total. The Morgan fingerprint density at radius 1 is 0.967 bits per heavy atom. The normalized spacial score (nSPS) is 11.5. The first kappa shape index (κ1) is 21.0. The van der Waals surface area contributed by atoms with Gasteiger partial charge in [-0.2, -0.15) is 0 Å². The molecule has 3 aromatic rings. The summed E-state index contributed by atoms with van der Waals surface area (Å²) in [7, 11) is 1.33. The summed E-state index contributed by atoms with van der Waals surface area (Å²) in [6, 6.07) is 18.1. The Bertz CT molecular complexity index is 1070. The molecular formula is C24H22FNO4. The number of amides is 1. The zero-order valence-electron chi connectivity index (χ0n) is 16.9. The lowest BCUT2D eigenvalue weighted by atomic mass is 10.1. The molecule has 0 saturated carbocycles. The third-order valence-electron chi connectivity index (χ3n) is 4.60. The Kier molecular flexibility index (Phi) is 6.47. The molecule has 1 amide bonds. The van der Waals surface area contributed by atoms with Crippen molar-refractivity contribution in [2.45, 2.75) is 20.0 Å². The van der Waals surface area contributed by atoms with Gasteiger partial charge in [0.2, 0.25) is 6.10 Å². The fraction of sp³-hybridized carbons (Fsp3) is 0.167. The van der Waals surface area contributed by atoms with E-state index in [4.69, 9.17) is 9.47 Å². The molecule has 3 aromatic carbocycles.